The predicted molar refractivity (Wildman–Crippen MR) is 109 cm³/mol. The number of hydrogen-bond donors (Lipinski definition) is 2. The molecule has 0 amide bonds. The van der Waals surface area contributed by atoms with Crippen LogP contribution in [0.25, 0.3) is 0 Å². The molecule has 0 aliphatic carbocycles. The highest BCUT2D eigenvalue weighted by atomic mass is 16.5. The summed E-state index contributed by atoms with van der Waals surface area (Å²) < 4.78 is 12.0. The molecule has 0 fully saturated rings. The SMILES string of the molecule is CCC(c1ccccc1OCCCCO)c1ccccc1OCCCCO. The van der Waals surface area contributed by atoms with Gasteiger partial charge in [0.25, 0.3) is 0 Å². The molecule has 0 heterocycles. The van der Waals surface area contributed by atoms with Gasteiger partial charge in [-0.2, -0.15) is 0 Å². The average Bonchev–Trinajstić information content (AvgIpc) is 2.71. The molecule has 0 spiro atoms. The third-order valence-electron chi connectivity index (χ3n) is 4.62. The van der Waals surface area contributed by atoms with Crippen LogP contribution in [-0.2, 0) is 0 Å². The highest BCUT2D eigenvalue weighted by molar-refractivity contribution is 5.47. The molecule has 4 nitrogen and oxygen atoms in total. The second kappa shape index (κ2) is 12.4. The summed E-state index contributed by atoms with van der Waals surface area (Å²) in [6.07, 6.45) is 4.13. The maximum absolute atomic E-state index is 8.94. The van der Waals surface area contributed by atoms with Gasteiger partial charge in [-0.3, -0.25) is 0 Å². The second-order valence-electron chi connectivity index (χ2n) is 6.59. The Labute approximate surface area is 162 Å². The number of para-hydroxylation sites is 2. The van der Waals surface area contributed by atoms with E-state index in [0.717, 1.165) is 54.7 Å². The smallest absolute Gasteiger partial charge is 0.123 e. The van der Waals surface area contributed by atoms with Gasteiger partial charge in [0.1, 0.15) is 11.5 Å². The van der Waals surface area contributed by atoms with E-state index in [1.165, 1.54) is 0 Å². The van der Waals surface area contributed by atoms with Crippen molar-refractivity contribution in [3.63, 3.8) is 0 Å². The minimum absolute atomic E-state index is 0.188. The van der Waals surface area contributed by atoms with Crippen molar-refractivity contribution in [3.05, 3.63) is 59.7 Å². The summed E-state index contributed by atoms with van der Waals surface area (Å²) in [6.45, 7) is 3.78. The van der Waals surface area contributed by atoms with Gasteiger partial charge in [-0.15, -0.1) is 0 Å². The largest absolute Gasteiger partial charge is 0.493 e. The molecule has 0 saturated heterocycles. The summed E-state index contributed by atoms with van der Waals surface area (Å²) in [5, 5.41) is 17.9. The van der Waals surface area contributed by atoms with Crippen LogP contribution in [-0.4, -0.2) is 36.6 Å². The van der Waals surface area contributed by atoms with Crippen LogP contribution in [0.3, 0.4) is 0 Å². The first kappa shape index (κ1) is 21.3. The van der Waals surface area contributed by atoms with E-state index in [4.69, 9.17) is 19.7 Å². The molecule has 0 aliphatic rings. The fourth-order valence-electron chi connectivity index (χ4n) is 3.20. The van der Waals surface area contributed by atoms with E-state index in [1.807, 2.05) is 36.4 Å². The molecule has 0 saturated carbocycles. The van der Waals surface area contributed by atoms with Gasteiger partial charge < -0.3 is 19.7 Å². The quantitative estimate of drug-likeness (QED) is 0.507. The Balaban J connectivity index is 2.19. The molecule has 27 heavy (non-hydrogen) atoms. The van der Waals surface area contributed by atoms with Crippen molar-refractivity contribution in [2.75, 3.05) is 26.4 Å². The van der Waals surface area contributed by atoms with Gasteiger partial charge in [-0.05, 0) is 44.2 Å². The lowest BCUT2D eigenvalue weighted by atomic mass is 9.88. The van der Waals surface area contributed by atoms with E-state index in [0.29, 0.717) is 13.2 Å². The first-order valence-corrected chi connectivity index (χ1v) is 9.97. The van der Waals surface area contributed by atoms with Crippen molar-refractivity contribution in [1.82, 2.24) is 0 Å². The summed E-state index contributed by atoms with van der Waals surface area (Å²) in [4.78, 5) is 0. The van der Waals surface area contributed by atoms with Gasteiger partial charge in [-0.25, -0.2) is 0 Å². The number of ether oxygens (including phenoxy) is 2. The number of hydrogen-bond acceptors (Lipinski definition) is 4. The molecule has 0 atom stereocenters. The molecular formula is C23H32O4. The van der Waals surface area contributed by atoms with E-state index < -0.39 is 0 Å². The highest BCUT2D eigenvalue weighted by Crippen LogP contribution is 2.38. The van der Waals surface area contributed by atoms with Crippen LogP contribution in [0.5, 0.6) is 11.5 Å². The van der Waals surface area contributed by atoms with Crippen molar-refractivity contribution in [2.45, 2.75) is 44.9 Å². The summed E-state index contributed by atoms with van der Waals surface area (Å²) in [6, 6.07) is 16.4. The van der Waals surface area contributed by atoms with Gasteiger partial charge in [0.15, 0.2) is 0 Å². The number of rotatable bonds is 13. The molecule has 0 aliphatic heterocycles. The van der Waals surface area contributed by atoms with Crippen molar-refractivity contribution in [1.29, 1.82) is 0 Å². The molecule has 4 heteroatoms. The molecule has 0 bridgehead atoms. The fraction of sp³-hybridized carbons (Fsp3) is 0.478. The van der Waals surface area contributed by atoms with Crippen LogP contribution in [0.2, 0.25) is 0 Å². The first-order chi connectivity index (χ1) is 13.3. The Bertz CT molecular complexity index is 601. The lowest BCUT2D eigenvalue weighted by molar-refractivity contribution is 0.250. The Kier molecular flexibility index (Phi) is 9.74. The lowest BCUT2D eigenvalue weighted by Gasteiger charge is -2.22. The second-order valence-corrected chi connectivity index (χ2v) is 6.59. The maximum atomic E-state index is 8.94. The van der Waals surface area contributed by atoms with Crippen LogP contribution < -0.4 is 9.47 Å². The van der Waals surface area contributed by atoms with Crippen LogP contribution >= 0.6 is 0 Å². The van der Waals surface area contributed by atoms with E-state index >= 15 is 0 Å². The molecule has 2 N–H and O–H groups in total. The standard InChI is InChI=1S/C23H32O4/c1-2-19(20-11-3-5-13-22(20)26-17-9-7-15-24)21-12-4-6-14-23(21)27-18-10-8-16-25/h3-6,11-14,19,24-25H,2,7-10,15-18H2,1H3. The van der Waals surface area contributed by atoms with E-state index in [2.05, 4.69) is 19.1 Å². The molecule has 2 aromatic carbocycles. The minimum Gasteiger partial charge on any atom is -0.493 e. The first-order valence-electron chi connectivity index (χ1n) is 9.97. The summed E-state index contributed by atoms with van der Waals surface area (Å²) in [7, 11) is 0. The summed E-state index contributed by atoms with van der Waals surface area (Å²) in [5.41, 5.74) is 2.32. The van der Waals surface area contributed by atoms with Gasteiger partial charge in [0.2, 0.25) is 0 Å². The molecule has 2 rings (SSSR count). The normalized spacial score (nSPS) is 11.0. The molecule has 0 aromatic heterocycles. The number of aliphatic hydroxyl groups is 2. The Morgan fingerprint density at radius 2 is 1.15 bits per heavy atom. The van der Waals surface area contributed by atoms with Gasteiger partial charge in [0.05, 0.1) is 13.2 Å². The molecular weight excluding hydrogens is 340 g/mol. The van der Waals surface area contributed by atoms with E-state index in [1.54, 1.807) is 0 Å². The Hall–Kier alpha value is -2.04. The number of aliphatic hydroxyl groups excluding tert-OH is 2. The van der Waals surface area contributed by atoms with Crippen LogP contribution in [0.4, 0.5) is 0 Å². The van der Waals surface area contributed by atoms with Gasteiger partial charge >= 0.3 is 0 Å². The zero-order chi connectivity index (χ0) is 19.3. The van der Waals surface area contributed by atoms with Crippen LogP contribution in [0.1, 0.15) is 56.1 Å². The minimum atomic E-state index is 0.188. The molecule has 0 radical (unpaired) electrons. The number of benzene rings is 2. The molecule has 2 aromatic rings. The monoisotopic (exact) mass is 372 g/mol. The molecule has 0 unspecified atom stereocenters. The number of unbranched alkanes of at least 4 members (excludes halogenated alkanes) is 2. The topological polar surface area (TPSA) is 58.9 Å². The van der Waals surface area contributed by atoms with Crippen molar-refractivity contribution >= 4 is 0 Å². The zero-order valence-electron chi connectivity index (χ0n) is 16.3. The fourth-order valence-corrected chi connectivity index (χ4v) is 3.20. The Morgan fingerprint density at radius 3 is 1.56 bits per heavy atom. The summed E-state index contributed by atoms with van der Waals surface area (Å²) >= 11 is 0. The highest BCUT2D eigenvalue weighted by Gasteiger charge is 2.20. The third-order valence-corrected chi connectivity index (χ3v) is 4.62. The van der Waals surface area contributed by atoms with Gasteiger partial charge in [-0.1, -0.05) is 43.3 Å². The van der Waals surface area contributed by atoms with Crippen LogP contribution in [0, 0.1) is 0 Å². The predicted octanol–water partition coefficient (Wildman–Crippen LogP) is 4.53. The zero-order valence-corrected chi connectivity index (χ0v) is 16.3. The van der Waals surface area contributed by atoms with E-state index in [9.17, 15) is 0 Å². The lowest BCUT2D eigenvalue weighted by Crippen LogP contribution is -2.08. The average molecular weight is 373 g/mol. The van der Waals surface area contributed by atoms with Gasteiger partial charge in [0, 0.05) is 30.3 Å². The maximum Gasteiger partial charge on any atom is 0.123 e. The molecule has 148 valence electrons. The van der Waals surface area contributed by atoms with Crippen molar-refractivity contribution in [3.8, 4) is 11.5 Å². The van der Waals surface area contributed by atoms with Crippen molar-refractivity contribution in [2.24, 2.45) is 0 Å². The van der Waals surface area contributed by atoms with Crippen molar-refractivity contribution < 1.29 is 19.7 Å². The summed E-state index contributed by atoms with van der Waals surface area (Å²) in [5.74, 6) is 1.99. The van der Waals surface area contributed by atoms with Crippen LogP contribution in [0.15, 0.2) is 48.5 Å². The Morgan fingerprint density at radius 1 is 0.704 bits per heavy atom. The third kappa shape index (κ3) is 6.56. The van der Waals surface area contributed by atoms with E-state index in [-0.39, 0.29) is 19.1 Å².